The maximum atomic E-state index is 13.0. The Morgan fingerprint density at radius 3 is 2.53 bits per heavy atom. The molecule has 6 heteroatoms. The molecule has 2 aromatic rings. The van der Waals surface area contributed by atoms with E-state index < -0.39 is 6.04 Å². The molecule has 1 fully saturated rings. The van der Waals surface area contributed by atoms with Gasteiger partial charge in [-0.1, -0.05) is 38.1 Å². The van der Waals surface area contributed by atoms with Crippen LogP contribution in [0.25, 0.3) is 0 Å². The fourth-order valence-electron chi connectivity index (χ4n) is 3.67. The van der Waals surface area contributed by atoms with E-state index in [1.54, 1.807) is 23.1 Å². The first-order valence-electron chi connectivity index (χ1n) is 10.4. The Morgan fingerprint density at radius 1 is 1.10 bits per heavy atom. The molecule has 1 unspecified atom stereocenters. The van der Waals surface area contributed by atoms with Gasteiger partial charge < -0.3 is 15.5 Å². The molecule has 3 rings (SSSR count). The lowest BCUT2D eigenvalue weighted by Gasteiger charge is -2.21. The maximum absolute atomic E-state index is 13.0. The summed E-state index contributed by atoms with van der Waals surface area (Å²) in [5.41, 5.74) is 2.81. The number of amides is 3. The van der Waals surface area contributed by atoms with Gasteiger partial charge in [0, 0.05) is 29.9 Å². The molecular weight excluding hydrogens is 378 g/mol. The summed E-state index contributed by atoms with van der Waals surface area (Å²) in [5.74, 6) is -0.200. The Balaban J connectivity index is 1.73. The summed E-state index contributed by atoms with van der Waals surface area (Å²) in [6.45, 7) is 6.59. The zero-order valence-corrected chi connectivity index (χ0v) is 17.8. The summed E-state index contributed by atoms with van der Waals surface area (Å²) in [7, 11) is 0. The first-order valence-corrected chi connectivity index (χ1v) is 10.4. The van der Waals surface area contributed by atoms with Crippen molar-refractivity contribution in [3.8, 4) is 0 Å². The molecule has 1 heterocycles. The van der Waals surface area contributed by atoms with Crippen LogP contribution in [0.15, 0.2) is 48.5 Å². The Bertz CT molecular complexity index is 939. The fraction of sp³-hybridized carbons (Fsp3) is 0.375. The van der Waals surface area contributed by atoms with Crippen LogP contribution in [0.1, 0.15) is 49.0 Å². The third-order valence-corrected chi connectivity index (χ3v) is 5.22. The van der Waals surface area contributed by atoms with Crippen molar-refractivity contribution in [2.24, 2.45) is 5.92 Å². The molecule has 3 amide bonds. The van der Waals surface area contributed by atoms with Gasteiger partial charge in [0.15, 0.2) is 0 Å². The molecule has 0 aliphatic carbocycles. The second-order valence-electron chi connectivity index (χ2n) is 8.16. The van der Waals surface area contributed by atoms with E-state index in [1.807, 2.05) is 51.1 Å². The lowest BCUT2D eigenvalue weighted by molar-refractivity contribution is -0.118. The summed E-state index contributed by atoms with van der Waals surface area (Å²) in [6, 6.07) is 13.9. The fourth-order valence-corrected chi connectivity index (χ4v) is 3.67. The highest BCUT2D eigenvalue weighted by atomic mass is 16.2. The summed E-state index contributed by atoms with van der Waals surface area (Å²) >= 11 is 0. The molecule has 6 nitrogen and oxygen atoms in total. The van der Waals surface area contributed by atoms with Gasteiger partial charge in [-0.15, -0.1) is 0 Å². The number of nitrogens with one attached hydrogen (secondary N) is 2. The van der Waals surface area contributed by atoms with Gasteiger partial charge >= 0.3 is 0 Å². The molecule has 0 spiro atoms. The van der Waals surface area contributed by atoms with Crippen molar-refractivity contribution >= 4 is 29.1 Å². The molecule has 1 saturated heterocycles. The lowest BCUT2D eigenvalue weighted by atomic mass is 10.0. The van der Waals surface area contributed by atoms with E-state index in [0.29, 0.717) is 30.6 Å². The molecule has 0 aromatic heterocycles. The molecule has 1 aliphatic rings. The molecule has 0 saturated carbocycles. The average molecular weight is 408 g/mol. The van der Waals surface area contributed by atoms with Crippen LogP contribution in [0.5, 0.6) is 0 Å². The molecule has 1 aliphatic heterocycles. The number of aryl methyl sites for hydroxylation is 1. The Kier molecular flexibility index (Phi) is 6.87. The SMILES string of the molecule is Cc1ccccc1C(=O)NC(CC(C)C)C(=O)Nc1cccc(N2CCCC2=O)c1. The van der Waals surface area contributed by atoms with E-state index in [-0.39, 0.29) is 23.6 Å². The number of nitrogens with zero attached hydrogens (tertiary/aromatic N) is 1. The summed E-state index contributed by atoms with van der Waals surface area (Å²) in [6.07, 6.45) is 1.92. The predicted octanol–water partition coefficient (Wildman–Crippen LogP) is 3.91. The second-order valence-corrected chi connectivity index (χ2v) is 8.16. The first-order chi connectivity index (χ1) is 14.3. The van der Waals surface area contributed by atoms with Gasteiger partial charge in [-0.3, -0.25) is 14.4 Å². The summed E-state index contributed by atoms with van der Waals surface area (Å²) in [4.78, 5) is 39.5. The molecule has 2 N–H and O–H groups in total. The minimum atomic E-state index is -0.658. The lowest BCUT2D eigenvalue weighted by Crippen LogP contribution is -2.44. The third-order valence-electron chi connectivity index (χ3n) is 5.22. The maximum Gasteiger partial charge on any atom is 0.252 e. The van der Waals surface area contributed by atoms with Crippen LogP contribution in [0.2, 0.25) is 0 Å². The molecule has 2 aromatic carbocycles. The van der Waals surface area contributed by atoms with Crippen molar-refractivity contribution in [2.45, 2.75) is 46.1 Å². The van der Waals surface area contributed by atoms with Gasteiger partial charge in [-0.2, -0.15) is 0 Å². The number of benzene rings is 2. The number of anilines is 2. The van der Waals surface area contributed by atoms with Crippen molar-refractivity contribution in [3.63, 3.8) is 0 Å². The van der Waals surface area contributed by atoms with Crippen LogP contribution in [-0.2, 0) is 9.59 Å². The van der Waals surface area contributed by atoms with Crippen molar-refractivity contribution in [1.82, 2.24) is 5.32 Å². The number of hydrogen-bond donors (Lipinski definition) is 2. The van der Waals surface area contributed by atoms with Crippen LogP contribution in [0, 0.1) is 12.8 Å². The topological polar surface area (TPSA) is 78.5 Å². The molecule has 158 valence electrons. The van der Waals surface area contributed by atoms with Crippen LogP contribution in [0.4, 0.5) is 11.4 Å². The van der Waals surface area contributed by atoms with Crippen LogP contribution in [-0.4, -0.2) is 30.3 Å². The summed E-state index contributed by atoms with van der Waals surface area (Å²) < 4.78 is 0. The zero-order chi connectivity index (χ0) is 21.7. The number of hydrogen-bond acceptors (Lipinski definition) is 3. The molecule has 0 radical (unpaired) electrons. The van der Waals surface area contributed by atoms with Crippen molar-refractivity contribution in [1.29, 1.82) is 0 Å². The van der Waals surface area contributed by atoms with Crippen LogP contribution >= 0.6 is 0 Å². The predicted molar refractivity (Wildman–Crippen MR) is 119 cm³/mol. The van der Waals surface area contributed by atoms with E-state index >= 15 is 0 Å². The summed E-state index contributed by atoms with van der Waals surface area (Å²) in [5, 5.41) is 5.79. The molecular formula is C24H29N3O3. The van der Waals surface area contributed by atoms with Crippen molar-refractivity contribution in [3.05, 3.63) is 59.7 Å². The minimum Gasteiger partial charge on any atom is -0.340 e. The Labute approximate surface area is 177 Å². The minimum absolute atomic E-state index is 0.0988. The highest BCUT2D eigenvalue weighted by Crippen LogP contribution is 2.24. The third kappa shape index (κ3) is 5.26. The van der Waals surface area contributed by atoms with Gasteiger partial charge in [0.2, 0.25) is 11.8 Å². The van der Waals surface area contributed by atoms with Gasteiger partial charge in [0.05, 0.1) is 0 Å². The van der Waals surface area contributed by atoms with Gasteiger partial charge in [0.25, 0.3) is 5.91 Å². The van der Waals surface area contributed by atoms with Gasteiger partial charge in [-0.05, 0) is 55.5 Å². The van der Waals surface area contributed by atoms with E-state index in [2.05, 4.69) is 10.6 Å². The van der Waals surface area contributed by atoms with Crippen molar-refractivity contribution < 1.29 is 14.4 Å². The van der Waals surface area contributed by atoms with Crippen molar-refractivity contribution in [2.75, 3.05) is 16.8 Å². The number of rotatable bonds is 7. The number of carbonyl (C=O) groups is 3. The number of carbonyl (C=O) groups excluding carboxylic acids is 3. The highest BCUT2D eigenvalue weighted by molar-refractivity contribution is 6.02. The Morgan fingerprint density at radius 2 is 1.87 bits per heavy atom. The van der Waals surface area contributed by atoms with Gasteiger partial charge in [-0.25, -0.2) is 0 Å². The largest absolute Gasteiger partial charge is 0.340 e. The molecule has 0 bridgehead atoms. The van der Waals surface area contributed by atoms with E-state index in [4.69, 9.17) is 0 Å². The first kappa shape index (κ1) is 21.6. The van der Waals surface area contributed by atoms with Gasteiger partial charge in [0.1, 0.15) is 6.04 Å². The van der Waals surface area contributed by atoms with Crippen LogP contribution in [0.3, 0.4) is 0 Å². The Hall–Kier alpha value is -3.15. The average Bonchev–Trinajstić information content (AvgIpc) is 3.13. The van der Waals surface area contributed by atoms with Crippen LogP contribution < -0.4 is 15.5 Å². The normalized spacial score (nSPS) is 14.7. The molecule has 30 heavy (non-hydrogen) atoms. The smallest absolute Gasteiger partial charge is 0.252 e. The quantitative estimate of drug-likeness (QED) is 0.731. The second kappa shape index (κ2) is 9.57. The van der Waals surface area contributed by atoms with E-state index in [0.717, 1.165) is 17.7 Å². The van der Waals surface area contributed by atoms with E-state index in [9.17, 15) is 14.4 Å². The monoisotopic (exact) mass is 407 g/mol. The standard InChI is InChI=1S/C24H29N3O3/c1-16(2)14-21(26-23(29)20-11-5-4-8-17(20)3)24(30)25-18-9-6-10-19(15-18)27-13-7-12-22(27)28/h4-6,8-11,15-16,21H,7,12-14H2,1-3H3,(H,25,30)(H,26,29). The highest BCUT2D eigenvalue weighted by Gasteiger charge is 2.25. The zero-order valence-electron chi connectivity index (χ0n) is 17.8. The molecule has 1 atom stereocenters. The van der Waals surface area contributed by atoms with E-state index in [1.165, 1.54) is 0 Å².